The predicted octanol–water partition coefficient (Wildman–Crippen LogP) is 2.80. The van der Waals surface area contributed by atoms with Gasteiger partial charge < -0.3 is 15.4 Å². The first kappa shape index (κ1) is 12.7. The highest BCUT2D eigenvalue weighted by atomic mass is 79.9. The van der Waals surface area contributed by atoms with E-state index in [1.165, 1.54) is 0 Å². The smallest absolute Gasteiger partial charge is 0.0745 e. The number of pyridine rings is 1. The average molecular weight is 322 g/mol. The zero-order valence-electron chi connectivity index (χ0n) is 10.8. The van der Waals surface area contributed by atoms with Crippen LogP contribution in [-0.2, 0) is 4.74 Å². The van der Waals surface area contributed by atoms with E-state index in [1.807, 2.05) is 12.1 Å². The lowest BCUT2D eigenvalue weighted by Gasteiger charge is -2.36. The number of nitrogen functional groups attached to an aromatic ring is 1. The molecule has 1 aromatic carbocycles. The Balaban J connectivity index is 2.20. The molecule has 1 aliphatic heterocycles. The molecule has 1 atom stereocenters. The molecule has 2 aromatic rings. The van der Waals surface area contributed by atoms with E-state index in [2.05, 4.69) is 38.8 Å². The van der Waals surface area contributed by atoms with Crippen LogP contribution < -0.4 is 10.6 Å². The Morgan fingerprint density at radius 3 is 3.11 bits per heavy atom. The van der Waals surface area contributed by atoms with Crippen LogP contribution in [0.3, 0.4) is 0 Å². The first-order valence-electron chi connectivity index (χ1n) is 6.35. The molecule has 0 bridgehead atoms. The third-order valence-electron chi connectivity index (χ3n) is 3.48. The van der Waals surface area contributed by atoms with Gasteiger partial charge >= 0.3 is 0 Å². The zero-order chi connectivity index (χ0) is 13.4. The normalized spacial score (nSPS) is 19.9. The van der Waals surface area contributed by atoms with Gasteiger partial charge in [0.2, 0.25) is 0 Å². The van der Waals surface area contributed by atoms with Crippen molar-refractivity contribution >= 4 is 38.2 Å². The second-order valence-electron chi connectivity index (χ2n) is 4.84. The van der Waals surface area contributed by atoms with E-state index in [0.29, 0.717) is 6.04 Å². The molecule has 2 heterocycles. The number of nitrogens with two attached hydrogens (primary N) is 1. The topological polar surface area (TPSA) is 51.4 Å². The molecule has 1 fully saturated rings. The fourth-order valence-electron chi connectivity index (χ4n) is 2.55. The Hall–Kier alpha value is -1.33. The Morgan fingerprint density at radius 1 is 1.47 bits per heavy atom. The summed E-state index contributed by atoms with van der Waals surface area (Å²) in [5.41, 5.74) is 8.93. The molecule has 0 spiro atoms. The van der Waals surface area contributed by atoms with Crippen LogP contribution in [0.2, 0.25) is 0 Å². The molecule has 0 saturated carbocycles. The fraction of sp³-hybridized carbons (Fsp3) is 0.357. The molecular formula is C14H16BrN3O. The summed E-state index contributed by atoms with van der Waals surface area (Å²) in [5.74, 6) is 0. The number of nitrogens with zero attached hydrogens (tertiary/aromatic N) is 2. The summed E-state index contributed by atoms with van der Waals surface area (Å²) < 4.78 is 6.54. The Bertz CT molecular complexity index is 612. The third kappa shape index (κ3) is 2.28. The Morgan fingerprint density at radius 2 is 2.32 bits per heavy atom. The minimum atomic E-state index is 0.320. The first-order valence-corrected chi connectivity index (χ1v) is 7.14. The van der Waals surface area contributed by atoms with Gasteiger partial charge in [-0.3, -0.25) is 4.98 Å². The van der Waals surface area contributed by atoms with Crippen LogP contribution in [0.4, 0.5) is 11.4 Å². The van der Waals surface area contributed by atoms with Gasteiger partial charge in [-0.25, -0.2) is 0 Å². The van der Waals surface area contributed by atoms with Crippen molar-refractivity contribution in [3.8, 4) is 0 Å². The largest absolute Gasteiger partial charge is 0.396 e. The molecule has 1 aliphatic rings. The van der Waals surface area contributed by atoms with Gasteiger partial charge in [-0.1, -0.05) is 15.9 Å². The van der Waals surface area contributed by atoms with E-state index in [1.54, 1.807) is 6.20 Å². The van der Waals surface area contributed by atoms with Gasteiger partial charge in [0.1, 0.15) is 0 Å². The van der Waals surface area contributed by atoms with Crippen LogP contribution in [0.25, 0.3) is 10.9 Å². The van der Waals surface area contributed by atoms with Gasteiger partial charge in [0.05, 0.1) is 36.3 Å². The summed E-state index contributed by atoms with van der Waals surface area (Å²) in [7, 11) is 0. The predicted molar refractivity (Wildman–Crippen MR) is 81.5 cm³/mol. The number of hydrogen-bond acceptors (Lipinski definition) is 4. The molecule has 1 unspecified atom stereocenters. The van der Waals surface area contributed by atoms with Crippen LogP contribution in [0, 0.1) is 0 Å². The summed E-state index contributed by atoms with van der Waals surface area (Å²) in [5, 5.41) is 1.09. The fourth-order valence-corrected chi connectivity index (χ4v) is 2.91. The molecule has 0 aliphatic carbocycles. The van der Waals surface area contributed by atoms with Gasteiger partial charge in [0.25, 0.3) is 0 Å². The SMILES string of the molecule is CC1COCCN1c1c(N)cnc2ccc(Br)cc12. The number of fused-ring (bicyclic) bond motifs is 1. The molecule has 3 rings (SSSR count). The molecule has 2 N–H and O–H groups in total. The molecule has 1 saturated heterocycles. The van der Waals surface area contributed by atoms with Gasteiger partial charge in [0, 0.05) is 22.4 Å². The van der Waals surface area contributed by atoms with Gasteiger partial charge in [-0.2, -0.15) is 0 Å². The van der Waals surface area contributed by atoms with Gasteiger partial charge in [0.15, 0.2) is 0 Å². The van der Waals surface area contributed by atoms with E-state index in [-0.39, 0.29) is 0 Å². The van der Waals surface area contributed by atoms with Crippen molar-refractivity contribution in [2.24, 2.45) is 0 Å². The lowest BCUT2D eigenvalue weighted by Crippen LogP contribution is -2.44. The quantitative estimate of drug-likeness (QED) is 0.877. The highest BCUT2D eigenvalue weighted by molar-refractivity contribution is 9.10. The lowest BCUT2D eigenvalue weighted by atomic mass is 10.1. The van der Waals surface area contributed by atoms with Gasteiger partial charge in [-0.05, 0) is 25.1 Å². The molecule has 5 heteroatoms. The van der Waals surface area contributed by atoms with Crippen molar-refractivity contribution in [2.75, 3.05) is 30.4 Å². The maximum atomic E-state index is 6.17. The Labute approximate surface area is 120 Å². The number of aromatic nitrogens is 1. The number of rotatable bonds is 1. The van der Waals surface area contributed by atoms with Crippen LogP contribution in [0.5, 0.6) is 0 Å². The van der Waals surface area contributed by atoms with Crippen molar-refractivity contribution in [1.29, 1.82) is 0 Å². The molecular weight excluding hydrogens is 306 g/mol. The molecule has 0 radical (unpaired) electrons. The van der Waals surface area contributed by atoms with E-state index < -0.39 is 0 Å². The standard InChI is InChI=1S/C14H16BrN3O/c1-9-8-19-5-4-18(9)14-11-6-10(15)2-3-13(11)17-7-12(14)16/h2-3,6-7,9H,4-5,8,16H2,1H3. The summed E-state index contributed by atoms with van der Waals surface area (Å²) in [6, 6.07) is 6.41. The number of anilines is 2. The molecule has 0 amide bonds. The zero-order valence-corrected chi connectivity index (χ0v) is 12.4. The number of morpholine rings is 1. The second-order valence-corrected chi connectivity index (χ2v) is 5.76. The van der Waals surface area contributed by atoms with E-state index in [9.17, 15) is 0 Å². The van der Waals surface area contributed by atoms with Crippen molar-refractivity contribution in [2.45, 2.75) is 13.0 Å². The number of halogens is 1. The van der Waals surface area contributed by atoms with E-state index in [4.69, 9.17) is 10.5 Å². The Kier molecular flexibility index (Phi) is 3.33. The van der Waals surface area contributed by atoms with Crippen LogP contribution >= 0.6 is 15.9 Å². The van der Waals surface area contributed by atoms with Crippen molar-refractivity contribution in [3.05, 3.63) is 28.9 Å². The maximum absolute atomic E-state index is 6.17. The first-order chi connectivity index (χ1) is 9.16. The van der Waals surface area contributed by atoms with Crippen LogP contribution in [-0.4, -0.2) is 30.8 Å². The number of benzene rings is 1. The van der Waals surface area contributed by atoms with Crippen LogP contribution in [0.1, 0.15) is 6.92 Å². The lowest BCUT2D eigenvalue weighted by molar-refractivity contribution is 0.0991. The third-order valence-corrected chi connectivity index (χ3v) is 3.98. The number of hydrogen-bond donors (Lipinski definition) is 1. The summed E-state index contributed by atoms with van der Waals surface area (Å²) >= 11 is 3.52. The second kappa shape index (κ2) is 4.98. The monoisotopic (exact) mass is 321 g/mol. The number of ether oxygens (including phenoxy) is 1. The molecule has 1 aromatic heterocycles. The highest BCUT2D eigenvalue weighted by Crippen LogP contribution is 2.34. The van der Waals surface area contributed by atoms with E-state index in [0.717, 1.165) is 46.5 Å². The molecule has 100 valence electrons. The summed E-state index contributed by atoms with van der Waals surface area (Å²) in [6.07, 6.45) is 1.74. The van der Waals surface area contributed by atoms with Crippen molar-refractivity contribution in [1.82, 2.24) is 4.98 Å². The van der Waals surface area contributed by atoms with Gasteiger partial charge in [-0.15, -0.1) is 0 Å². The minimum Gasteiger partial charge on any atom is -0.396 e. The molecule has 19 heavy (non-hydrogen) atoms. The summed E-state index contributed by atoms with van der Waals surface area (Å²) in [4.78, 5) is 6.71. The van der Waals surface area contributed by atoms with E-state index >= 15 is 0 Å². The van der Waals surface area contributed by atoms with Crippen molar-refractivity contribution < 1.29 is 4.74 Å². The maximum Gasteiger partial charge on any atom is 0.0745 e. The average Bonchev–Trinajstić information content (AvgIpc) is 2.40. The minimum absolute atomic E-state index is 0.320. The highest BCUT2D eigenvalue weighted by Gasteiger charge is 2.23. The summed E-state index contributed by atoms with van der Waals surface area (Å²) in [6.45, 7) is 4.48. The van der Waals surface area contributed by atoms with Crippen LogP contribution in [0.15, 0.2) is 28.9 Å². The van der Waals surface area contributed by atoms with Crippen molar-refractivity contribution in [3.63, 3.8) is 0 Å². The molecule has 4 nitrogen and oxygen atoms in total.